The lowest BCUT2D eigenvalue weighted by molar-refractivity contribution is 0.601. The summed E-state index contributed by atoms with van der Waals surface area (Å²) in [6, 6.07) is 3.24. The van der Waals surface area contributed by atoms with E-state index in [2.05, 4.69) is 35.8 Å². The van der Waals surface area contributed by atoms with Crippen LogP contribution in [0.5, 0.6) is 0 Å². The van der Waals surface area contributed by atoms with Gasteiger partial charge in [-0.05, 0) is 28.1 Å². The average Bonchev–Trinajstić information content (AvgIpc) is 2.75. The quantitative estimate of drug-likeness (QED) is 0.838. The highest BCUT2D eigenvalue weighted by molar-refractivity contribution is 9.10. The molecule has 0 aliphatic heterocycles. The van der Waals surface area contributed by atoms with E-state index in [0.29, 0.717) is 10.3 Å². The summed E-state index contributed by atoms with van der Waals surface area (Å²) < 4.78 is 26.4. The molecular formula is C8H7BrN4O2S. The van der Waals surface area contributed by atoms with Crippen LogP contribution in [0.3, 0.4) is 0 Å². The molecule has 0 saturated carbocycles. The highest BCUT2D eigenvalue weighted by Gasteiger charge is 2.16. The molecule has 2 aromatic rings. The number of hydrogen-bond acceptors (Lipinski definition) is 4. The first kappa shape index (κ1) is 11.1. The van der Waals surface area contributed by atoms with Gasteiger partial charge in [0.15, 0.2) is 0 Å². The highest BCUT2D eigenvalue weighted by atomic mass is 79.9. The summed E-state index contributed by atoms with van der Waals surface area (Å²) in [6.45, 7) is 0. The minimum atomic E-state index is -3.61. The first-order valence-electron chi connectivity index (χ1n) is 4.22. The third-order valence-corrected chi connectivity index (χ3v) is 3.75. The van der Waals surface area contributed by atoms with Gasteiger partial charge in [0.1, 0.15) is 9.50 Å². The molecule has 0 saturated heterocycles. The van der Waals surface area contributed by atoms with E-state index in [9.17, 15) is 8.42 Å². The average molecular weight is 303 g/mol. The first-order chi connectivity index (χ1) is 7.59. The molecule has 0 fully saturated rings. The molecule has 84 valence electrons. The van der Waals surface area contributed by atoms with Gasteiger partial charge in [-0.15, -0.1) is 0 Å². The minimum absolute atomic E-state index is 0.0725. The Morgan fingerprint density at radius 3 is 2.88 bits per heavy atom. The Morgan fingerprint density at radius 2 is 2.25 bits per heavy atom. The molecule has 6 nitrogen and oxygen atoms in total. The second-order valence-electron chi connectivity index (χ2n) is 2.88. The van der Waals surface area contributed by atoms with Crippen molar-refractivity contribution in [2.24, 2.45) is 0 Å². The van der Waals surface area contributed by atoms with Crippen LogP contribution in [-0.2, 0) is 10.0 Å². The summed E-state index contributed by atoms with van der Waals surface area (Å²) in [5.41, 5.74) is 0.378. The monoisotopic (exact) mass is 302 g/mol. The molecular weight excluding hydrogens is 296 g/mol. The Hall–Kier alpha value is -1.41. The number of hydrogen-bond donors (Lipinski definition) is 2. The second-order valence-corrected chi connectivity index (χ2v) is 5.31. The van der Waals surface area contributed by atoms with Crippen molar-refractivity contribution < 1.29 is 8.42 Å². The number of nitrogens with zero attached hydrogens (tertiary/aromatic N) is 2. The maximum Gasteiger partial charge on any atom is 0.265 e. The van der Waals surface area contributed by atoms with Crippen LogP contribution in [0.1, 0.15) is 0 Å². The molecule has 0 spiro atoms. The maximum atomic E-state index is 11.8. The van der Waals surface area contributed by atoms with Crippen molar-refractivity contribution in [3.05, 3.63) is 35.3 Å². The largest absolute Gasteiger partial charge is 0.284 e. The smallest absolute Gasteiger partial charge is 0.265 e. The Balaban J connectivity index is 2.33. The van der Waals surface area contributed by atoms with Crippen LogP contribution in [0.2, 0.25) is 0 Å². The van der Waals surface area contributed by atoms with Crippen molar-refractivity contribution in [2.75, 3.05) is 4.72 Å². The Kier molecular flexibility index (Phi) is 2.92. The van der Waals surface area contributed by atoms with E-state index in [1.807, 2.05) is 0 Å². The van der Waals surface area contributed by atoms with Crippen LogP contribution in [0, 0.1) is 0 Å². The molecule has 2 N–H and O–H groups in total. The molecule has 0 aliphatic rings. The number of sulfonamides is 1. The highest BCUT2D eigenvalue weighted by Crippen LogP contribution is 2.21. The zero-order chi connectivity index (χ0) is 11.6. The standard InChI is InChI=1S/C8H7BrN4O2S/c9-8-7(2-1-3-10-8)13-16(14,15)6-4-11-12-5-6/h1-5,13H,(H,11,12). The number of aromatic nitrogens is 3. The van der Waals surface area contributed by atoms with Crippen LogP contribution >= 0.6 is 15.9 Å². The zero-order valence-corrected chi connectivity index (χ0v) is 10.3. The predicted molar refractivity (Wildman–Crippen MR) is 61.3 cm³/mol. The van der Waals surface area contributed by atoms with Gasteiger partial charge in [-0.1, -0.05) is 0 Å². The molecule has 16 heavy (non-hydrogen) atoms. The van der Waals surface area contributed by atoms with Gasteiger partial charge in [0.05, 0.1) is 11.9 Å². The van der Waals surface area contributed by atoms with Gasteiger partial charge in [-0.3, -0.25) is 9.82 Å². The number of nitrogens with one attached hydrogen (secondary N) is 2. The van der Waals surface area contributed by atoms with Crippen molar-refractivity contribution in [2.45, 2.75) is 4.90 Å². The van der Waals surface area contributed by atoms with Gasteiger partial charge < -0.3 is 0 Å². The maximum absolute atomic E-state index is 11.8. The van der Waals surface area contributed by atoms with Crippen molar-refractivity contribution in [3.8, 4) is 0 Å². The Labute approximate surface area is 100 Å². The summed E-state index contributed by atoms with van der Waals surface area (Å²) >= 11 is 3.15. The van der Waals surface area contributed by atoms with Crippen molar-refractivity contribution in [1.82, 2.24) is 15.2 Å². The molecule has 0 amide bonds. The predicted octanol–water partition coefficient (Wildman–Crippen LogP) is 1.37. The van der Waals surface area contributed by atoms with Gasteiger partial charge in [0.2, 0.25) is 0 Å². The fourth-order valence-electron chi connectivity index (χ4n) is 1.05. The molecule has 0 bridgehead atoms. The van der Waals surface area contributed by atoms with Gasteiger partial charge >= 0.3 is 0 Å². The van der Waals surface area contributed by atoms with Crippen molar-refractivity contribution in [3.63, 3.8) is 0 Å². The van der Waals surface area contributed by atoms with Crippen LogP contribution in [0.15, 0.2) is 40.2 Å². The fourth-order valence-corrected chi connectivity index (χ4v) is 2.50. The normalized spacial score (nSPS) is 11.3. The number of rotatable bonds is 3. The van der Waals surface area contributed by atoms with Gasteiger partial charge in [0, 0.05) is 12.4 Å². The minimum Gasteiger partial charge on any atom is -0.284 e. The number of anilines is 1. The molecule has 0 aromatic carbocycles. The van der Waals surface area contributed by atoms with Gasteiger partial charge in [0.25, 0.3) is 10.0 Å². The van der Waals surface area contributed by atoms with Crippen molar-refractivity contribution >= 4 is 31.6 Å². The molecule has 8 heteroatoms. The molecule has 0 atom stereocenters. The molecule has 2 rings (SSSR count). The third-order valence-electron chi connectivity index (χ3n) is 1.79. The van der Waals surface area contributed by atoms with Crippen LogP contribution in [-0.4, -0.2) is 23.6 Å². The van der Waals surface area contributed by atoms with E-state index in [1.54, 1.807) is 18.3 Å². The molecule has 0 radical (unpaired) electrons. The molecule has 0 aliphatic carbocycles. The number of pyridine rings is 1. The molecule has 2 heterocycles. The molecule has 2 aromatic heterocycles. The Morgan fingerprint density at radius 1 is 1.44 bits per heavy atom. The lowest BCUT2D eigenvalue weighted by Gasteiger charge is -2.06. The van der Waals surface area contributed by atoms with Crippen LogP contribution in [0.4, 0.5) is 5.69 Å². The van der Waals surface area contributed by atoms with Crippen LogP contribution in [0.25, 0.3) is 0 Å². The third kappa shape index (κ3) is 2.22. The summed E-state index contributed by atoms with van der Waals surface area (Å²) in [7, 11) is -3.61. The SMILES string of the molecule is O=S(=O)(Nc1cccnc1Br)c1cn[nH]c1. The first-order valence-corrected chi connectivity index (χ1v) is 6.49. The van der Waals surface area contributed by atoms with E-state index in [-0.39, 0.29) is 4.90 Å². The fraction of sp³-hybridized carbons (Fsp3) is 0. The Bertz CT molecular complexity index is 582. The van der Waals surface area contributed by atoms with Gasteiger partial charge in [-0.25, -0.2) is 13.4 Å². The number of H-pyrrole nitrogens is 1. The summed E-state index contributed by atoms with van der Waals surface area (Å²) in [6.07, 6.45) is 4.08. The summed E-state index contributed by atoms with van der Waals surface area (Å²) in [5, 5.41) is 6.02. The zero-order valence-electron chi connectivity index (χ0n) is 7.88. The lowest BCUT2D eigenvalue weighted by Crippen LogP contribution is -2.12. The van der Waals surface area contributed by atoms with E-state index in [0.717, 1.165) is 0 Å². The number of aromatic amines is 1. The van der Waals surface area contributed by atoms with Crippen LogP contribution < -0.4 is 4.72 Å². The van der Waals surface area contributed by atoms with E-state index < -0.39 is 10.0 Å². The lowest BCUT2D eigenvalue weighted by atomic mass is 10.4. The van der Waals surface area contributed by atoms with Crippen molar-refractivity contribution in [1.29, 1.82) is 0 Å². The molecule has 0 unspecified atom stereocenters. The number of halogens is 1. The summed E-state index contributed by atoms with van der Waals surface area (Å²) in [5.74, 6) is 0. The van der Waals surface area contributed by atoms with Gasteiger partial charge in [-0.2, -0.15) is 5.10 Å². The van der Waals surface area contributed by atoms with E-state index in [4.69, 9.17) is 0 Å². The van der Waals surface area contributed by atoms with E-state index >= 15 is 0 Å². The topological polar surface area (TPSA) is 87.7 Å². The van der Waals surface area contributed by atoms with E-state index in [1.165, 1.54) is 12.4 Å². The second kappa shape index (κ2) is 4.22. The summed E-state index contributed by atoms with van der Waals surface area (Å²) in [4.78, 5) is 3.98.